The molecule has 1 aliphatic rings. The number of ether oxygens (including phenoxy) is 1. The maximum atomic E-state index is 14.5. The molecule has 5 rings (SSSR count). The molecular weight excluding hydrogens is 413 g/mol. The van der Waals surface area contributed by atoms with Gasteiger partial charge in [0.25, 0.3) is 0 Å². The number of nitrogens with one attached hydrogen (secondary N) is 3. The van der Waals surface area contributed by atoms with Crippen molar-refractivity contribution in [2.45, 2.75) is 44.7 Å². The number of nitrogens with zero attached hydrogens (tertiary/aromatic N) is 4. The van der Waals surface area contributed by atoms with Crippen LogP contribution in [0.25, 0.3) is 27.8 Å². The molecule has 166 valence electrons. The number of pyridine rings is 1. The topological polar surface area (TPSA) is 109 Å². The molecule has 10 heteroatoms. The Hall–Kier alpha value is -3.69. The van der Waals surface area contributed by atoms with E-state index in [0.717, 1.165) is 31.2 Å². The zero-order chi connectivity index (χ0) is 22.2. The number of halogens is 1. The van der Waals surface area contributed by atoms with E-state index in [4.69, 9.17) is 4.74 Å². The molecule has 0 spiro atoms. The van der Waals surface area contributed by atoms with Crippen LogP contribution in [-0.2, 0) is 4.79 Å². The Morgan fingerprint density at radius 2 is 2.03 bits per heavy atom. The summed E-state index contributed by atoms with van der Waals surface area (Å²) < 4.78 is 21.7. The molecule has 4 heterocycles. The maximum Gasteiger partial charge on any atom is 0.228 e. The highest BCUT2D eigenvalue weighted by Crippen LogP contribution is 2.35. The number of hydrogen-bond acceptors (Lipinski definition) is 6. The van der Waals surface area contributed by atoms with Crippen molar-refractivity contribution in [3.05, 3.63) is 36.7 Å². The normalized spacial score (nSPS) is 18.7. The first-order valence-corrected chi connectivity index (χ1v) is 10.6. The maximum absolute atomic E-state index is 14.5. The van der Waals surface area contributed by atoms with Crippen LogP contribution in [0.4, 0.5) is 10.3 Å². The number of imidazole rings is 1. The summed E-state index contributed by atoms with van der Waals surface area (Å²) in [5.41, 5.74) is 2.29. The highest BCUT2D eigenvalue weighted by Gasteiger charge is 2.23. The molecule has 4 aromatic rings. The first kappa shape index (κ1) is 20.2. The largest absolute Gasteiger partial charge is 0.480 e. The third-order valence-electron chi connectivity index (χ3n) is 5.91. The molecule has 32 heavy (non-hydrogen) atoms. The average Bonchev–Trinajstić information content (AvgIpc) is 3.41. The van der Waals surface area contributed by atoms with Gasteiger partial charge in [-0.2, -0.15) is 9.97 Å². The summed E-state index contributed by atoms with van der Waals surface area (Å²) >= 11 is 0. The van der Waals surface area contributed by atoms with Crippen LogP contribution in [0.15, 0.2) is 30.9 Å². The number of methoxy groups -OCH3 is 1. The van der Waals surface area contributed by atoms with Crippen molar-refractivity contribution >= 4 is 28.5 Å². The van der Waals surface area contributed by atoms with Crippen LogP contribution in [0.5, 0.6) is 5.88 Å². The Balaban J connectivity index is 1.42. The summed E-state index contributed by atoms with van der Waals surface area (Å²) in [6.45, 7) is 1.55. The van der Waals surface area contributed by atoms with Crippen molar-refractivity contribution in [2.24, 2.45) is 0 Å². The van der Waals surface area contributed by atoms with Gasteiger partial charge in [-0.3, -0.25) is 4.79 Å². The molecule has 0 atom stereocenters. The lowest BCUT2D eigenvalue weighted by atomic mass is 9.91. The highest BCUT2D eigenvalue weighted by atomic mass is 19.1. The zero-order valence-corrected chi connectivity index (χ0v) is 17.9. The van der Waals surface area contributed by atoms with Crippen molar-refractivity contribution in [3.8, 4) is 17.0 Å². The number of anilines is 1. The van der Waals surface area contributed by atoms with Crippen LogP contribution < -0.4 is 15.4 Å². The predicted octanol–water partition coefficient (Wildman–Crippen LogP) is 3.28. The Kier molecular flexibility index (Phi) is 5.12. The number of carbonyl (C=O) groups excluding carboxylic acids is 1. The predicted molar refractivity (Wildman–Crippen MR) is 118 cm³/mol. The molecule has 0 saturated heterocycles. The van der Waals surface area contributed by atoms with E-state index in [9.17, 15) is 9.18 Å². The van der Waals surface area contributed by atoms with Gasteiger partial charge in [0.1, 0.15) is 5.65 Å². The van der Waals surface area contributed by atoms with E-state index in [2.05, 4.69) is 30.6 Å². The van der Waals surface area contributed by atoms with Gasteiger partial charge < -0.3 is 24.8 Å². The van der Waals surface area contributed by atoms with E-state index >= 15 is 0 Å². The van der Waals surface area contributed by atoms with Crippen molar-refractivity contribution in [1.29, 1.82) is 0 Å². The van der Waals surface area contributed by atoms with Crippen molar-refractivity contribution < 1.29 is 13.9 Å². The number of H-pyrrole nitrogens is 1. The van der Waals surface area contributed by atoms with Gasteiger partial charge in [-0.25, -0.2) is 9.37 Å². The van der Waals surface area contributed by atoms with E-state index in [-0.39, 0.29) is 23.6 Å². The first-order valence-electron chi connectivity index (χ1n) is 10.6. The number of amides is 1. The van der Waals surface area contributed by atoms with Crippen LogP contribution >= 0.6 is 0 Å². The minimum Gasteiger partial charge on any atom is -0.480 e. The fraction of sp³-hybridized carbons (Fsp3) is 0.364. The molecule has 1 aliphatic carbocycles. The lowest BCUT2D eigenvalue weighted by molar-refractivity contribution is -0.119. The van der Waals surface area contributed by atoms with Gasteiger partial charge in [0, 0.05) is 54.9 Å². The fourth-order valence-electron chi connectivity index (χ4n) is 4.43. The molecule has 0 bridgehead atoms. The number of rotatable bonds is 5. The summed E-state index contributed by atoms with van der Waals surface area (Å²) in [6, 6.07) is 1.89. The van der Waals surface area contributed by atoms with E-state index in [1.54, 1.807) is 37.0 Å². The van der Waals surface area contributed by atoms with Crippen molar-refractivity contribution in [3.63, 3.8) is 0 Å². The van der Waals surface area contributed by atoms with Crippen LogP contribution in [-0.4, -0.2) is 49.4 Å². The average molecular weight is 437 g/mol. The van der Waals surface area contributed by atoms with Gasteiger partial charge in [-0.05, 0) is 31.7 Å². The molecule has 9 nitrogen and oxygen atoms in total. The second kappa shape index (κ2) is 8.10. The standard InChI is InChI=1S/C22H24FN7O2/c1-12(31)26-14-3-5-15(6-4-14)27-22-28-19-18(21(29-22)32-2)16(10-25-19)13-9-17(23)20-24-7-8-30(20)11-13/h7-11,14-15H,3-6H2,1-2H3,(H,26,31)(H2,25,27,28,29)/t14-,15-. The highest BCUT2D eigenvalue weighted by molar-refractivity contribution is 5.97. The van der Waals surface area contributed by atoms with E-state index < -0.39 is 5.82 Å². The number of fused-ring (bicyclic) bond motifs is 2. The van der Waals surface area contributed by atoms with Crippen LogP contribution in [0, 0.1) is 5.82 Å². The molecule has 1 amide bonds. The summed E-state index contributed by atoms with van der Waals surface area (Å²) in [4.78, 5) is 27.6. The molecule has 1 fully saturated rings. The third-order valence-corrected chi connectivity index (χ3v) is 5.91. The Bertz CT molecular complexity index is 1290. The van der Waals surface area contributed by atoms with E-state index in [1.165, 1.54) is 6.07 Å². The smallest absolute Gasteiger partial charge is 0.228 e. The van der Waals surface area contributed by atoms with Gasteiger partial charge in [0.2, 0.25) is 17.7 Å². The fourth-order valence-corrected chi connectivity index (χ4v) is 4.43. The van der Waals surface area contributed by atoms with Crippen molar-refractivity contribution in [2.75, 3.05) is 12.4 Å². The SMILES string of the molecule is COc1nc(N[C@H]2CC[C@H](NC(C)=O)CC2)nc2[nH]cc(-c3cc(F)c4nccn4c3)c12. The Morgan fingerprint density at radius 3 is 2.78 bits per heavy atom. The number of hydrogen-bond donors (Lipinski definition) is 3. The van der Waals surface area contributed by atoms with Crippen LogP contribution in [0.2, 0.25) is 0 Å². The lowest BCUT2D eigenvalue weighted by Crippen LogP contribution is -2.39. The number of aromatic amines is 1. The summed E-state index contributed by atoms with van der Waals surface area (Å²) in [5.74, 6) is 0.484. The Labute approximate surface area is 183 Å². The van der Waals surface area contributed by atoms with Gasteiger partial charge in [-0.15, -0.1) is 0 Å². The molecule has 0 radical (unpaired) electrons. The second-order valence-corrected chi connectivity index (χ2v) is 8.11. The van der Waals surface area contributed by atoms with E-state index in [1.807, 2.05) is 6.20 Å². The van der Waals surface area contributed by atoms with Gasteiger partial charge in [-0.1, -0.05) is 0 Å². The molecule has 0 unspecified atom stereocenters. The third kappa shape index (κ3) is 3.72. The molecule has 3 N–H and O–H groups in total. The lowest BCUT2D eigenvalue weighted by Gasteiger charge is -2.29. The van der Waals surface area contributed by atoms with Crippen molar-refractivity contribution in [1.82, 2.24) is 29.7 Å². The van der Waals surface area contributed by atoms with Crippen LogP contribution in [0.1, 0.15) is 32.6 Å². The van der Waals surface area contributed by atoms with Crippen LogP contribution in [0.3, 0.4) is 0 Å². The van der Waals surface area contributed by atoms with Gasteiger partial charge in [0.15, 0.2) is 11.5 Å². The van der Waals surface area contributed by atoms with E-state index in [0.29, 0.717) is 28.4 Å². The van der Waals surface area contributed by atoms with Gasteiger partial charge >= 0.3 is 0 Å². The van der Waals surface area contributed by atoms with Gasteiger partial charge in [0.05, 0.1) is 12.5 Å². The number of aromatic nitrogens is 5. The quantitative estimate of drug-likeness (QED) is 0.442. The monoisotopic (exact) mass is 437 g/mol. The molecule has 0 aliphatic heterocycles. The minimum absolute atomic E-state index is 0.00884. The molecular formula is C22H24FN7O2. The number of carbonyl (C=O) groups is 1. The second-order valence-electron chi connectivity index (χ2n) is 8.11. The summed E-state index contributed by atoms with van der Waals surface area (Å²) in [7, 11) is 1.56. The Morgan fingerprint density at radius 1 is 1.25 bits per heavy atom. The molecule has 1 saturated carbocycles. The zero-order valence-electron chi connectivity index (χ0n) is 17.9. The summed E-state index contributed by atoms with van der Waals surface area (Å²) in [5, 5.41) is 7.06. The molecule has 0 aromatic carbocycles. The summed E-state index contributed by atoms with van der Waals surface area (Å²) in [6.07, 6.45) is 10.5. The molecule has 4 aromatic heterocycles. The minimum atomic E-state index is -0.408. The first-order chi connectivity index (χ1) is 15.5.